The molecule has 5 rings (SSSR count). The molecule has 0 aromatic carbocycles. The topological polar surface area (TPSA) is 102 Å². The van der Waals surface area contributed by atoms with Crippen LogP contribution in [0.2, 0.25) is 0 Å². The minimum Gasteiger partial charge on any atom is -0.339 e. The van der Waals surface area contributed by atoms with Crippen molar-refractivity contribution in [1.29, 1.82) is 0 Å². The fourth-order valence-corrected chi connectivity index (χ4v) is 5.22. The second-order valence-electron chi connectivity index (χ2n) is 10.8. The molecule has 2 fully saturated rings. The van der Waals surface area contributed by atoms with Gasteiger partial charge in [0.05, 0.1) is 5.56 Å². The van der Waals surface area contributed by atoms with Crippen LogP contribution in [0.25, 0.3) is 11.1 Å². The van der Waals surface area contributed by atoms with Crippen molar-refractivity contribution in [3.05, 3.63) is 59.6 Å². The highest BCUT2D eigenvalue weighted by atomic mass is 19.4. The summed E-state index contributed by atoms with van der Waals surface area (Å²) in [5, 5.41) is 9.73. The fourth-order valence-electron chi connectivity index (χ4n) is 5.22. The zero-order chi connectivity index (χ0) is 28.8. The molecule has 12 heteroatoms. The average molecular weight is 559 g/mol. The Balaban J connectivity index is 1.39. The lowest BCUT2D eigenvalue weighted by Crippen LogP contribution is -2.50. The van der Waals surface area contributed by atoms with E-state index in [1.165, 1.54) is 25.3 Å². The molecule has 3 aromatic heterocycles. The molecule has 1 unspecified atom stereocenters. The maximum atomic E-state index is 15.1. The van der Waals surface area contributed by atoms with Gasteiger partial charge < -0.3 is 10.6 Å². The molecule has 8 nitrogen and oxygen atoms in total. The average Bonchev–Trinajstić information content (AvgIpc) is 3.83. The van der Waals surface area contributed by atoms with Gasteiger partial charge >= 0.3 is 6.18 Å². The highest BCUT2D eigenvalue weighted by molar-refractivity contribution is 6.00. The van der Waals surface area contributed by atoms with Crippen LogP contribution in [-0.4, -0.2) is 37.6 Å². The minimum atomic E-state index is -4.64. The van der Waals surface area contributed by atoms with Gasteiger partial charge in [-0.1, -0.05) is 0 Å². The van der Waals surface area contributed by atoms with E-state index in [4.69, 9.17) is 0 Å². The minimum absolute atomic E-state index is 0.0489. The van der Waals surface area contributed by atoms with E-state index >= 15 is 4.39 Å². The first kappa shape index (κ1) is 27.7. The van der Waals surface area contributed by atoms with Crippen molar-refractivity contribution in [2.45, 2.75) is 64.7 Å². The summed E-state index contributed by atoms with van der Waals surface area (Å²) in [6, 6.07) is 4.06. The maximum absolute atomic E-state index is 15.1. The molecule has 0 radical (unpaired) electrons. The number of hydrogen-bond acceptors (Lipinski definition) is 5. The van der Waals surface area contributed by atoms with Crippen LogP contribution >= 0.6 is 0 Å². The number of nitrogens with one attached hydrogen (secondary N) is 2. The Hall–Kier alpha value is -3.83. The monoisotopic (exact) mass is 558 g/mol. The molecule has 0 aliphatic heterocycles. The van der Waals surface area contributed by atoms with Gasteiger partial charge in [-0.3, -0.25) is 19.3 Å². The first-order chi connectivity index (χ1) is 18.9. The second-order valence-corrected chi connectivity index (χ2v) is 10.8. The quantitative estimate of drug-likeness (QED) is 0.265. The highest BCUT2D eigenvalue weighted by Crippen LogP contribution is 2.51. The van der Waals surface area contributed by atoms with Crippen molar-refractivity contribution in [2.75, 3.05) is 5.32 Å². The number of aromatic nitrogens is 4. The molecule has 2 N–H and O–H groups in total. The Bertz CT molecular complexity index is 1420. The zero-order valence-electron chi connectivity index (χ0n) is 22.3. The molecule has 0 spiro atoms. The molecule has 3 aromatic rings. The fraction of sp³-hybridized carbons (Fsp3) is 0.464. The van der Waals surface area contributed by atoms with Gasteiger partial charge in [0.15, 0.2) is 0 Å². The van der Waals surface area contributed by atoms with Gasteiger partial charge in [-0.25, -0.2) is 4.98 Å². The Morgan fingerprint density at radius 3 is 2.30 bits per heavy atom. The van der Waals surface area contributed by atoms with Gasteiger partial charge in [0, 0.05) is 35.3 Å². The smallest absolute Gasteiger partial charge is 0.339 e. The van der Waals surface area contributed by atoms with E-state index in [2.05, 4.69) is 25.7 Å². The van der Waals surface area contributed by atoms with Gasteiger partial charge in [0.25, 0.3) is 5.91 Å². The molecule has 212 valence electrons. The number of alkyl halides is 3. The summed E-state index contributed by atoms with van der Waals surface area (Å²) in [5.41, 5.74) is -0.697. The Morgan fingerprint density at radius 2 is 1.73 bits per heavy atom. The lowest BCUT2D eigenvalue weighted by atomic mass is 9.88. The van der Waals surface area contributed by atoms with Crippen molar-refractivity contribution in [2.24, 2.45) is 17.8 Å². The number of carbonyl (C=O) groups is 2. The summed E-state index contributed by atoms with van der Waals surface area (Å²) in [7, 11) is 0. The molecule has 2 saturated carbocycles. The van der Waals surface area contributed by atoms with Crippen molar-refractivity contribution < 1.29 is 27.2 Å². The van der Waals surface area contributed by atoms with Crippen LogP contribution in [0.1, 0.15) is 67.3 Å². The normalized spacial score (nSPS) is 16.3. The molecular formula is C28H30F4N6O2. The summed E-state index contributed by atoms with van der Waals surface area (Å²) < 4.78 is 56.3. The number of hydrogen-bond donors (Lipinski definition) is 2. The number of anilines is 1. The predicted octanol–water partition coefficient (Wildman–Crippen LogP) is 5.56. The van der Waals surface area contributed by atoms with E-state index < -0.39 is 35.5 Å². The van der Waals surface area contributed by atoms with E-state index in [0.717, 1.165) is 31.7 Å². The lowest BCUT2D eigenvalue weighted by molar-refractivity contribution is -0.137. The molecule has 0 saturated heterocycles. The van der Waals surface area contributed by atoms with Crippen LogP contribution < -0.4 is 10.6 Å². The number of amides is 2. The van der Waals surface area contributed by atoms with Crippen LogP contribution in [0.4, 0.5) is 23.4 Å². The second kappa shape index (κ2) is 10.6. The van der Waals surface area contributed by atoms with Crippen LogP contribution in [0.15, 0.2) is 36.7 Å². The molecule has 3 heterocycles. The first-order valence-electron chi connectivity index (χ1n) is 13.3. The van der Waals surface area contributed by atoms with Gasteiger partial charge in [-0.2, -0.15) is 22.7 Å². The first-order valence-corrected chi connectivity index (χ1v) is 13.3. The SMILES string of the molecule is Cc1ncc(C(F)(F)F)cc1-c1ccc(NC(=O)C(NC(=O)c2ccnn2C(C)C)C(C2CC2)C2CC2)nc1F. The van der Waals surface area contributed by atoms with E-state index in [-0.39, 0.29) is 34.6 Å². The summed E-state index contributed by atoms with van der Waals surface area (Å²) >= 11 is 0. The van der Waals surface area contributed by atoms with Gasteiger partial charge in [-0.05, 0) is 88.5 Å². The van der Waals surface area contributed by atoms with Crippen LogP contribution in [0, 0.1) is 30.6 Å². The zero-order valence-corrected chi connectivity index (χ0v) is 22.3. The van der Waals surface area contributed by atoms with E-state index in [0.29, 0.717) is 23.7 Å². The van der Waals surface area contributed by atoms with Crippen molar-refractivity contribution in [3.63, 3.8) is 0 Å². The van der Waals surface area contributed by atoms with Gasteiger partial charge in [-0.15, -0.1) is 0 Å². The number of carbonyl (C=O) groups excluding carboxylic acids is 2. The number of rotatable bonds is 9. The van der Waals surface area contributed by atoms with Crippen LogP contribution in [0.5, 0.6) is 0 Å². The maximum Gasteiger partial charge on any atom is 0.417 e. The Labute approximate surface area is 228 Å². The highest BCUT2D eigenvalue weighted by Gasteiger charge is 2.48. The number of halogens is 4. The van der Waals surface area contributed by atoms with Crippen molar-refractivity contribution >= 4 is 17.6 Å². The van der Waals surface area contributed by atoms with E-state index in [1.807, 2.05) is 13.8 Å². The third kappa shape index (κ3) is 5.85. The summed E-state index contributed by atoms with van der Waals surface area (Å²) in [5.74, 6) is -1.57. The van der Waals surface area contributed by atoms with Gasteiger partial charge in [0.2, 0.25) is 11.9 Å². The number of pyridine rings is 2. The molecule has 2 aliphatic rings. The molecule has 2 aliphatic carbocycles. The molecule has 1 atom stereocenters. The molecular weight excluding hydrogens is 528 g/mol. The van der Waals surface area contributed by atoms with E-state index in [9.17, 15) is 22.8 Å². The van der Waals surface area contributed by atoms with Crippen LogP contribution in [-0.2, 0) is 11.0 Å². The molecule has 2 amide bonds. The van der Waals surface area contributed by atoms with Gasteiger partial charge in [0.1, 0.15) is 17.6 Å². The Kier molecular flexibility index (Phi) is 7.36. The summed E-state index contributed by atoms with van der Waals surface area (Å²) in [6.45, 7) is 5.26. The number of nitrogens with zero attached hydrogens (tertiary/aromatic N) is 4. The van der Waals surface area contributed by atoms with Crippen molar-refractivity contribution in [1.82, 2.24) is 25.1 Å². The summed E-state index contributed by atoms with van der Waals surface area (Å²) in [6.07, 6.45) is 1.45. The third-order valence-corrected chi connectivity index (χ3v) is 7.48. The predicted molar refractivity (Wildman–Crippen MR) is 139 cm³/mol. The summed E-state index contributed by atoms with van der Waals surface area (Å²) in [4.78, 5) is 34.4. The standard InChI is InChI=1S/C28H30F4N6O2/c1-14(2)38-21(10-11-34-38)26(39)37-24(23(16-4-5-16)17-6-7-17)27(40)36-22-9-8-19(25(29)35-22)20-12-18(28(30,31)32)13-33-15(20)3/h8-14,16-17,23-24H,4-7H2,1-3H3,(H,37,39)(H,35,36,40). The molecule has 0 bridgehead atoms. The third-order valence-electron chi connectivity index (χ3n) is 7.48. The van der Waals surface area contributed by atoms with E-state index in [1.54, 1.807) is 10.7 Å². The largest absolute Gasteiger partial charge is 0.417 e. The molecule has 40 heavy (non-hydrogen) atoms. The lowest BCUT2D eigenvalue weighted by Gasteiger charge is -2.27. The Morgan fingerprint density at radius 1 is 1.05 bits per heavy atom. The van der Waals surface area contributed by atoms with Crippen molar-refractivity contribution in [3.8, 4) is 11.1 Å². The van der Waals surface area contributed by atoms with Crippen LogP contribution in [0.3, 0.4) is 0 Å². The number of aryl methyl sites for hydroxylation is 1.